The lowest BCUT2D eigenvalue weighted by Crippen LogP contribution is -2.41. The van der Waals surface area contributed by atoms with Gasteiger partial charge in [0.2, 0.25) is 0 Å². The molecule has 1 aliphatic heterocycles. The maximum atomic E-state index is 12.5. The molecule has 2 N–H and O–H groups in total. The summed E-state index contributed by atoms with van der Waals surface area (Å²) in [4.78, 5) is 29.7. The Labute approximate surface area is 341 Å². The first-order valence-electron chi connectivity index (χ1n) is 23.9. The molecular weight excluding hydrogens is 683 g/mol. The number of piperidine rings is 1. The van der Waals surface area contributed by atoms with Gasteiger partial charge in [0, 0.05) is 32.0 Å². The van der Waals surface area contributed by atoms with E-state index < -0.39 is 0 Å². The average Bonchev–Trinajstić information content (AvgIpc) is 3.18. The maximum Gasteiger partial charge on any atom is 0.305 e. The van der Waals surface area contributed by atoms with Gasteiger partial charge in [-0.15, -0.1) is 0 Å². The van der Waals surface area contributed by atoms with E-state index in [2.05, 4.69) is 48.0 Å². The molecule has 0 aliphatic carbocycles. The van der Waals surface area contributed by atoms with Gasteiger partial charge >= 0.3 is 11.9 Å². The fraction of sp³-hybridized carbons (Fsp3) is 0.875. The number of allylic oxidation sites excluding steroid dienone is 4. The molecule has 7 heteroatoms. The van der Waals surface area contributed by atoms with E-state index >= 15 is 0 Å². The molecule has 0 atom stereocenters. The van der Waals surface area contributed by atoms with Gasteiger partial charge in [-0.05, 0) is 110 Å². The second-order valence-corrected chi connectivity index (χ2v) is 16.5. The second kappa shape index (κ2) is 40.5. The van der Waals surface area contributed by atoms with Crippen molar-refractivity contribution in [2.45, 2.75) is 219 Å². The molecule has 0 spiro atoms. The molecule has 1 fully saturated rings. The molecule has 0 aromatic heterocycles. The van der Waals surface area contributed by atoms with E-state index in [1.807, 2.05) is 0 Å². The van der Waals surface area contributed by atoms with Gasteiger partial charge in [-0.25, -0.2) is 0 Å². The average molecular weight is 774 g/mol. The molecule has 1 heterocycles. The van der Waals surface area contributed by atoms with Crippen LogP contribution in [0.15, 0.2) is 24.3 Å². The van der Waals surface area contributed by atoms with Gasteiger partial charge in [0.1, 0.15) is 13.2 Å². The summed E-state index contributed by atoms with van der Waals surface area (Å²) < 4.78 is 11.3. The Bertz CT molecular complexity index is 844. The van der Waals surface area contributed by atoms with Gasteiger partial charge in [0.05, 0.1) is 0 Å². The molecule has 1 rings (SSSR count). The Morgan fingerprint density at radius 3 is 1.29 bits per heavy atom. The molecule has 0 aromatic carbocycles. The molecule has 0 aromatic rings. The molecular formula is C48H91N3O4. The Kier molecular flexibility index (Phi) is 37.8. The van der Waals surface area contributed by atoms with Crippen LogP contribution < -0.4 is 5.73 Å². The molecule has 0 radical (unpaired) electrons. The number of carbonyl (C=O) groups excluding carboxylic acids is 2. The number of hydrogen-bond donors (Lipinski definition) is 1. The Morgan fingerprint density at radius 2 is 0.891 bits per heavy atom. The minimum Gasteiger partial charge on any atom is -0.464 e. The topological polar surface area (TPSA) is 85.1 Å². The molecule has 322 valence electrons. The zero-order chi connectivity index (χ0) is 39.7. The largest absolute Gasteiger partial charge is 0.464 e. The summed E-state index contributed by atoms with van der Waals surface area (Å²) in [6.07, 6.45) is 46.2. The third-order valence-corrected chi connectivity index (χ3v) is 11.2. The quantitative estimate of drug-likeness (QED) is 0.0377. The normalized spacial score (nSPS) is 14.2. The van der Waals surface area contributed by atoms with E-state index in [1.54, 1.807) is 0 Å². The monoisotopic (exact) mass is 774 g/mol. The molecule has 1 aliphatic rings. The van der Waals surface area contributed by atoms with Gasteiger partial charge < -0.3 is 20.1 Å². The summed E-state index contributed by atoms with van der Waals surface area (Å²) in [5, 5.41) is 0. The van der Waals surface area contributed by atoms with Crippen molar-refractivity contribution in [3.05, 3.63) is 24.3 Å². The van der Waals surface area contributed by atoms with Crippen LogP contribution in [-0.4, -0.2) is 80.3 Å². The van der Waals surface area contributed by atoms with Gasteiger partial charge in [-0.2, -0.15) is 0 Å². The predicted molar refractivity (Wildman–Crippen MR) is 236 cm³/mol. The van der Waals surface area contributed by atoms with Crippen molar-refractivity contribution in [2.24, 2.45) is 5.73 Å². The van der Waals surface area contributed by atoms with Crippen molar-refractivity contribution in [1.82, 2.24) is 9.80 Å². The highest BCUT2D eigenvalue weighted by atomic mass is 16.5. The third-order valence-electron chi connectivity index (χ3n) is 11.2. The number of esters is 2. The van der Waals surface area contributed by atoms with Crippen molar-refractivity contribution >= 4 is 11.9 Å². The summed E-state index contributed by atoms with van der Waals surface area (Å²) in [6.45, 7) is 10.8. The fourth-order valence-corrected chi connectivity index (χ4v) is 7.43. The fourth-order valence-electron chi connectivity index (χ4n) is 7.43. The van der Waals surface area contributed by atoms with Crippen LogP contribution in [0.2, 0.25) is 0 Å². The number of likely N-dealkylation sites (tertiary alicyclic amines) is 1. The van der Waals surface area contributed by atoms with Gasteiger partial charge in [-0.1, -0.05) is 141 Å². The van der Waals surface area contributed by atoms with E-state index in [4.69, 9.17) is 15.2 Å². The third kappa shape index (κ3) is 36.4. The lowest BCUT2D eigenvalue weighted by molar-refractivity contribution is -0.144. The lowest BCUT2D eigenvalue weighted by Gasteiger charge is -2.31. The van der Waals surface area contributed by atoms with E-state index in [1.165, 1.54) is 141 Å². The number of nitrogens with zero attached hydrogens (tertiary/aromatic N) is 2. The summed E-state index contributed by atoms with van der Waals surface area (Å²) in [5.74, 6) is -0.178. The van der Waals surface area contributed by atoms with Crippen LogP contribution in [0.3, 0.4) is 0 Å². The van der Waals surface area contributed by atoms with Crippen LogP contribution in [0, 0.1) is 0 Å². The highest BCUT2D eigenvalue weighted by Gasteiger charge is 2.16. The number of rotatable bonds is 40. The molecule has 0 bridgehead atoms. The second-order valence-electron chi connectivity index (χ2n) is 16.5. The molecule has 0 saturated carbocycles. The van der Waals surface area contributed by atoms with Crippen LogP contribution in [-0.2, 0) is 19.1 Å². The van der Waals surface area contributed by atoms with E-state index in [0.29, 0.717) is 45.2 Å². The molecule has 55 heavy (non-hydrogen) atoms. The first-order valence-corrected chi connectivity index (χ1v) is 23.9. The summed E-state index contributed by atoms with van der Waals surface area (Å²) in [7, 11) is 0. The van der Waals surface area contributed by atoms with Crippen LogP contribution >= 0.6 is 0 Å². The minimum atomic E-state index is -0.0892. The highest BCUT2D eigenvalue weighted by Crippen LogP contribution is 2.13. The van der Waals surface area contributed by atoms with Crippen molar-refractivity contribution in [3.63, 3.8) is 0 Å². The van der Waals surface area contributed by atoms with Crippen molar-refractivity contribution in [3.8, 4) is 0 Å². The number of hydrogen-bond acceptors (Lipinski definition) is 7. The maximum absolute atomic E-state index is 12.5. The van der Waals surface area contributed by atoms with Gasteiger partial charge in [0.25, 0.3) is 0 Å². The van der Waals surface area contributed by atoms with Crippen LogP contribution in [0.25, 0.3) is 0 Å². The number of unbranched alkanes of at least 4 members (excludes halogenated alkanes) is 22. The van der Waals surface area contributed by atoms with Crippen LogP contribution in [0.4, 0.5) is 0 Å². The van der Waals surface area contributed by atoms with Crippen LogP contribution in [0.5, 0.6) is 0 Å². The smallest absolute Gasteiger partial charge is 0.305 e. The van der Waals surface area contributed by atoms with Crippen molar-refractivity contribution in [2.75, 3.05) is 52.5 Å². The van der Waals surface area contributed by atoms with E-state index in [9.17, 15) is 9.59 Å². The number of carbonyl (C=O) groups is 2. The molecule has 0 unspecified atom stereocenters. The van der Waals surface area contributed by atoms with E-state index in [-0.39, 0.29) is 11.9 Å². The molecule has 1 saturated heterocycles. The summed E-state index contributed by atoms with van der Waals surface area (Å²) >= 11 is 0. The predicted octanol–water partition coefficient (Wildman–Crippen LogP) is 12.3. The Balaban J connectivity index is 2.15. The zero-order valence-electron chi connectivity index (χ0n) is 36.6. The zero-order valence-corrected chi connectivity index (χ0v) is 36.6. The Morgan fingerprint density at radius 1 is 0.527 bits per heavy atom. The number of nitrogens with two attached hydrogens (primary N) is 1. The summed E-state index contributed by atoms with van der Waals surface area (Å²) in [6, 6.07) is 0.343. The molecule has 0 amide bonds. The van der Waals surface area contributed by atoms with Crippen molar-refractivity contribution < 1.29 is 19.1 Å². The lowest BCUT2D eigenvalue weighted by atomic mass is 10.1. The SMILES string of the molecule is CCCCCCCC/C=C\CCCCCCCC(=O)OCCN(CCCN1CCC(N)CC1)CCOC(=O)CCCCCCC/C=C\CCCCCCCC. The summed E-state index contributed by atoms with van der Waals surface area (Å²) in [5.41, 5.74) is 6.10. The Hall–Kier alpha value is -1.70. The van der Waals surface area contributed by atoms with E-state index in [0.717, 1.165) is 71.1 Å². The standard InChI is InChI=1S/C48H91N3O4/c1-3-5-7-9-11-13-15-17-19-21-23-25-27-29-31-34-47(52)54-44-42-51(39-33-38-50-40-36-46(49)37-41-50)43-45-55-48(53)35-32-30-28-26-24-22-20-18-16-14-12-10-8-6-4-2/h17-20,46H,3-16,21-45,49H2,1-2H3/b19-17-,20-18-. The van der Waals surface area contributed by atoms with Crippen LogP contribution in [0.1, 0.15) is 213 Å². The minimum absolute atomic E-state index is 0.0892. The first-order chi connectivity index (χ1) is 27.0. The highest BCUT2D eigenvalue weighted by molar-refractivity contribution is 5.69. The van der Waals surface area contributed by atoms with Gasteiger partial charge in [-0.3, -0.25) is 14.5 Å². The van der Waals surface area contributed by atoms with Crippen molar-refractivity contribution in [1.29, 1.82) is 0 Å². The first kappa shape index (κ1) is 51.3. The number of ether oxygens (including phenoxy) is 2. The van der Waals surface area contributed by atoms with Gasteiger partial charge in [0.15, 0.2) is 0 Å². The molecule has 7 nitrogen and oxygen atoms in total.